The van der Waals surface area contributed by atoms with Crippen LogP contribution in [0.3, 0.4) is 0 Å². The highest BCUT2D eigenvalue weighted by Crippen LogP contribution is 2.41. The first kappa shape index (κ1) is 20.5. The summed E-state index contributed by atoms with van der Waals surface area (Å²) >= 11 is 7.57. The number of hydrogen-bond acceptors (Lipinski definition) is 5. The molecule has 1 atom stereocenters. The van der Waals surface area contributed by atoms with E-state index in [0.717, 1.165) is 16.0 Å². The van der Waals surface area contributed by atoms with Gasteiger partial charge in [0.05, 0.1) is 18.2 Å². The number of benzene rings is 2. The number of aliphatic hydroxyl groups is 1. The Morgan fingerprint density at radius 3 is 2.75 bits per heavy atom. The van der Waals surface area contributed by atoms with Crippen molar-refractivity contribution in [3.8, 4) is 0 Å². The van der Waals surface area contributed by atoms with E-state index in [9.17, 15) is 14.7 Å². The zero-order valence-corrected chi connectivity index (χ0v) is 18.6. The van der Waals surface area contributed by atoms with E-state index in [1.165, 1.54) is 16.2 Å². The highest BCUT2D eigenvalue weighted by atomic mass is 35.5. The molecule has 0 radical (unpaired) electrons. The van der Waals surface area contributed by atoms with Gasteiger partial charge in [0, 0.05) is 15.3 Å². The second-order valence-corrected chi connectivity index (χ2v) is 9.18. The minimum Gasteiger partial charge on any atom is -0.503 e. The largest absolute Gasteiger partial charge is 0.503 e. The molecule has 1 N–H and O–H groups in total. The summed E-state index contributed by atoms with van der Waals surface area (Å²) in [6, 6.07) is 17.3. The highest BCUT2D eigenvalue weighted by Gasteiger charge is 2.44. The molecule has 5 rings (SSSR count). The maximum absolute atomic E-state index is 13.6. The van der Waals surface area contributed by atoms with E-state index in [-0.39, 0.29) is 17.9 Å². The van der Waals surface area contributed by atoms with E-state index in [1.807, 2.05) is 48.7 Å². The fraction of sp³-hybridized carbons (Fsp3) is 0.120. The zero-order valence-electron chi connectivity index (χ0n) is 17.0. The Morgan fingerprint density at radius 1 is 1.16 bits per heavy atom. The van der Waals surface area contributed by atoms with E-state index in [0.29, 0.717) is 16.0 Å². The molecule has 5 nitrogen and oxygen atoms in total. The minimum absolute atomic E-state index is 0.0160. The molecule has 0 spiro atoms. The van der Waals surface area contributed by atoms with Crippen LogP contribution in [0.4, 0.5) is 0 Å². The summed E-state index contributed by atoms with van der Waals surface area (Å²) in [5.41, 5.74) is 2.26. The van der Waals surface area contributed by atoms with Crippen LogP contribution < -0.4 is 0 Å². The topological polar surface area (TPSA) is 70.7 Å². The van der Waals surface area contributed by atoms with Crippen LogP contribution in [0.2, 0.25) is 5.02 Å². The van der Waals surface area contributed by atoms with Crippen molar-refractivity contribution in [2.75, 3.05) is 0 Å². The lowest BCUT2D eigenvalue weighted by Gasteiger charge is -2.26. The summed E-state index contributed by atoms with van der Waals surface area (Å²) in [6.45, 7) is 2.23. The fourth-order valence-electron chi connectivity index (χ4n) is 4.06. The van der Waals surface area contributed by atoms with Gasteiger partial charge in [-0.25, -0.2) is 0 Å². The van der Waals surface area contributed by atoms with Gasteiger partial charge in [-0.2, -0.15) is 0 Å². The number of nitrogens with zero attached hydrogens (tertiary/aromatic N) is 1. The van der Waals surface area contributed by atoms with E-state index in [2.05, 4.69) is 0 Å². The Hall–Kier alpha value is -3.35. The number of halogens is 1. The normalized spacial score (nSPS) is 16.4. The van der Waals surface area contributed by atoms with Gasteiger partial charge in [0.25, 0.3) is 5.91 Å². The number of rotatable bonds is 5. The van der Waals surface area contributed by atoms with Crippen molar-refractivity contribution < 1.29 is 19.1 Å². The minimum atomic E-state index is -0.728. The van der Waals surface area contributed by atoms with Gasteiger partial charge in [-0.3, -0.25) is 9.59 Å². The average molecular weight is 464 g/mol. The summed E-state index contributed by atoms with van der Waals surface area (Å²) < 4.78 is 5.75. The number of fused-ring (bicyclic) bond motifs is 1. The van der Waals surface area contributed by atoms with Crippen LogP contribution in [0.25, 0.3) is 11.0 Å². The van der Waals surface area contributed by atoms with Crippen molar-refractivity contribution in [3.05, 3.63) is 104 Å². The summed E-state index contributed by atoms with van der Waals surface area (Å²) in [7, 11) is 0. The number of aliphatic hydroxyl groups excluding tert-OH is 1. The van der Waals surface area contributed by atoms with Crippen LogP contribution >= 0.6 is 22.9 Å². The van der Waals surface area contributed by atoms with Crippen LogP contribution in [-0.4, -0.2) is 21.7 Å². The van der Waals surface area contributed by atoms with Gasteiger partial charge in [-0.1, -0.05) is 47.5 Å². The number of aryl methyl sites for hydroxylation is 1. The van der Waals surface area contributed by atoms with Crippen LogP contribution in [0.5, 0.6) is 0 Å². The van der Waals surface area contributed by atoms with Gasteiger partial charge < -0.3 is 14.4 Å². The first-order chi connectivity index (χ1) is 15.4. The molecule has 1 aliphatic heterocycles. The molecule has 0 saturated carbocycles. The standard InChI is InChI=1S/C25H18ClNO4S/c1-14-4-2-5-15(10-14)22-21(24(29)25(30)27(22)13-18-6-3-9-32-18)23(28)20-12-16-11-17(26)7-8-19(16)31-20/h2-12,22,29H,13H2,1H3. The number of Topliss-reactive ketones (excluding diaryl/α,β-unsaturated/α-hetero) is 1. The Labute approximate surface area is 193 Å². The molecule has 32 heavy (non-hydrogen) atoms. The number of furan rings is 1. The lowest BCUT2D eigenvalue weighted by molar-refractivity contribution is -0.130. The molecule has 160 valence electrons. The first-order valence-corrected chi connectivity index (χ1v) is 11.2. The first-order valence-electron chi connectivity index (χ1n) is 9.99. The van der Waals surface area contributed by atoms with Crippen molar-refractivity contribution >= 4 is 45.6 Å². The number of thiophene rings is 1. The summed E-state index contributed by atoms with van der Waals surface area (Å²) in [5.74, 6) is -1.60. The fourth-order valence-corrected chi connectivity index (χ4v) is 4.95. The predicted octanol–water partition coefficient (Wildman–Crippen LogP) is 6.23. The molecular formula is C25H18ClNO4S. The van der Waals surface area contributed by atoms with Crippen molar-refractivity contribution in [1.82, 2.24) is 4.90 Å². The molecule has 0 saturated heterocycles. The monoisotopic (exact) mass is 463 g/mol. The van der Waals surface area contributed by atoms with Crippen LogP contribution in [-0.2, 0) is 11.3 Å². The van der Waals surface area contributed by atoms with Crippen molar-refractivity contribution in [1.29, 1.82) is 0 Å². The molecule has 3 heterocycles. The predicted molar refractivity (Wildman–Crippen MR) is 124 cm³/mol. The van der Waals surface area contributed by atoms with Gasteiger partial charge in [-0.15, -0.1) is 11.3 Å². The third-order valence-corrected chi connectivity index (χ3v) is 6.61. The zero-order chi connectivity index (χ0) is 22.4. The highest BCUT2D eigenvalue weighted by molar-refractivity contribution is 7.09. The van der Waals surface area contributed by atoms with Crippen LogP contribution in [0.15, 0.2) is 81.8 Å². The lowest BCUT2D eigenvalue weighted by Crippen LogP contribution is -2.30. The third-order valence-electron chi connectivity index (χ3n) is 5.51. The Kier molecular flexibility index (Phi) is 5.12. The Morgan fingerprint density at radius 2 is 2.00 bits per heavy atom. The molecule has 1 unspecified atom stereocenters. The van der Waals surface area contributed by atoms with E-state index in [1.54, 1.807) is 24.3 Å². The molecule has 2 aromatic heterocycles. The molecule has 1 amide bonds. The summed E-state index contributed by atoms with van der Waals surface area (Å²) in [5, 5.41) is 13.9. The van der Waals surface area contributed by atoms with Gasteiger partial charge in [0.15, 0.2) is 11.5 Å². The van der Waals surface area contributed by atoms with Crippen molar-refractivity contribution in [3.63, 3.8) is 0 Å². The summed E-state index contributed by atoms with van der Waals surface area (Å²) in [6.07, 6.45) is 0. The van der Waals surface area contributed by atoms with E-state index >= 15 is 0 Å². The third kappa shape index (κ3) is 3.51. The number of amides is 1. The summed E-state index contributed by atoms with van der Waals surface area (Å²) in [4.78, 5) is 29.1. The molecular weight excluding hydrogens is 446 g/mol. The SMILES string of the molecule is Cc1cccc(C2C(C(=O)c3cc4cc(Cl)ccc4o3)=C(O)C(=O)N2Cc2cccs2)c1. The lowest BCUT2D eigenvalue weighted by atomic mass is 9.94. The maximum atomic E-state index is 13.6. The molecule has 0 bridgehead atoms. The van der Waals surface area contributed by atoms with Crippen molar-refractivity contribution in [2.45, 2.75) is 19.5 Å². The van der Waals surface area contributed by atoms with Crippen molar-refractivity contribution in [2.24, 2.45) is 0 Å². The molecule has 0 fully saturated rings. The second-order valence-electron chi connectivity index (χ2n) is 7.71. The quantitative estimate of drug-likeness (QED) is 0.356. The smallest absolute Gasteiger partial charge is 0.290 e. The average Bonchev–Trinajstić information content (AvgIpc) is 3.48. The number of ketones is 1. The Balaban J connectivity index is 1.61. The number of carbonyl (C=O) groups excluding carboxylic acids is 2. The van der Waals surface area contributed by atoms with Gasteiger partial charge in [0.1, 0.15) is 5.58 Å². The molecule has 2 aromatic carbocycles. The van der Waals surface area contributed by atoms with Crippen LogP contribution in [0, 0.1) is 6.92 Å². The molecule has 7 heteroatoms. The van der Waals surface area contributed by atoms with E-state index < -0.39 is 23.5 Å². The van der Waals surface area contributed by atoms with Gasteiger partial charge in [0.2, 0.25) is 5.78 Å². The van der Waals surface area contributed by atoms with E-state index in [4.69, 9.17) is 16.0 Å². The maximum Gasteiger partial charge on any atom is 0.290 e. The second kappa shape index (κ2) is 7.97. The number of carbonyl (C=O) groups is 2. The van der Waals surface area contributed by atoms with Crippen LogP contribution in [0.1, 0.15) is 32.6 Å². The molecule has 0 aliphatic carbocycles. The Bertz CT molecular complexity index is 1390. The van der Waals surface area contributed by atoms with Gasteiger partial charge in [-0.05, 0) is 48.2 Å². The molecule has 1 aliphatic rings. The van der Waals surface area contributed by atoms with Gasteiger partial charge >= 0.3 is 0 Å². The molecule has 4 aromatic rings. The number of hydrogen-bond donors (Lipinski definition) is 1.